The number of hydrogen-bond acceptors (Lipinski definition) is 5. The molecule has 2 heterocycles. The maximum absolute atomic E-state index is 12.2. The quantitative estimate of drug-likeness (QED) is 0.438. The highest BCUT2D eigenvalue weighted by Gasteiger charge is 2.20. The number of carbonyl (C=O) groups is 2. The van der Waals surface area contributed by atoms with Gasteiger partial charge in [0.1, 0.15) is 11.6 Å². The molecule has 7 nitrogen and oxygen atoms in total. The minimum absolute atomic E-state index is 0.133. The summed E-state index contributed by atoms with van der Waals surface area (Å²) in [4.78, 5) is 27.6. The first-order valence-electron chi connectivity index (χ1n) is 8.40. The normalized spacial score (nSPS) is 16.9. The van der Waals surface area contributed by atoms with Crippen molar-refractivity contribution < 1.29 is 19.8 Å². The maximum atomic E-state index is 12.2. The fraction of sp³-hybridized carbons (Fsp3) is 0.333. The van der Waals surface area contributed by atoms with Gasteiger partial charge in [0, 0.05) is 39.3 Å². The van der Waals surface area contributed by atoms with Gasteiger partial charge in [0.15, 0.2) is 0 Å². The minimum Gasteiger partial charge on any atom is -0.506 e. The Morgan fingerprint density at radius 1 is 1.27 bits per heavy atom. The molecule has 0 bridgehead atoms. The number of carboxylic acids is 1. The second-order valence-electron chi connectivity index (χ2n) is 6.11. The molecule has 0 aromatic carbocycles. The molecule has 0 fully saturated rings. The molecule has 0 saturated carbocycles. The van der Waals surface area contributed by atoms with Gasteiger partial charge in [-0.15, -0.1) is 0 Å². The fourth-order valence-electron chi connectivity index (χ4n) is 2.82. The standard InChI is InChI=1S/C18H20IN3O4/c23-13-6-7-16(20-10-13)22-11-12(9-19-22)5-8-17(24)21-15-4-2-1-3-14(15)18(25)26/h6-7,9-11,23H,1-5,8H2,(H,21,24)(H,25,26). The summed E-state index contributed by atoms with van der Waals surface area (Å²) in [6.07, 6.45) is 7.22. The van der Waals surface area contributed by atoms with E-state index in [2.05, 4.69) is 17.4 Å². The van der Waals surface area contributed by atoms with Crippen molar-refractivity contribution in [2.75, 3.05) is 3.11 Å². The Labute approximate surface area is 161 Å². The van der Waals surface area contributed by atoms with Gasteiger partial charge in [-0.3, -0.25) is 7.91 Å². The number of carboxylic acid groups (broad SMARTS) is 1. The Morgan fingerprint density at radius 2 is 2.08 bits per heavy atom. The van der Waals surface area contributed by atoms with E-state index in [-0.39, 0.29) is 32.7 Å². The average molecular weight is 469 g/mol. The minimum atomic E-state index is -0.936. The van der Waals surface area contributed by atoms with Gasteiger partial charge >= 0.3 is 5.97 Å². The van der Waals surface area contributed by atoms with Crippen LogP contribution in [0.3, 0.4) is 0 Å². The van der Waals surface area contributed by atoms with Crippen molar-refractivity contribution in [2.24, 2.45) is 0 Å². The second kappa shape index (κ2) is 8.43. The molecule has 0 unspecified atom stereocenters. The molecule has 0 saturated heterocycles. The molecule has 1 amide bonds. The van der Waals surface area contributed by atoms with Crippen LogP contribution in [-0.2, 0) is 9.59 Å². The molecule has 0 atom stereocenters. The molecule has 3 rings (SSSR count). The maximum Gasteiger partial charge on any atom is 0.333 e. The van der Waals surface area contributed by atoms with Crippen LogP contribution in [0.1, 0.15) is 38.5 Å². The lowest BCUT2D eigenvalue weighted by atomic mass is 9.96. The summed E-state index contributed by atoms with van der Waals surface area (Å²) in [5.74, 6) is -0.165. The van der Waals surface area contributed by atoms with Crippen LogP contribution in [0.2, 0.25) is 0 Å². The number of pyridine rings is 1. The third kappa shape index (κ3) is 4.69. The number of nitrogens with zero attached hydrogens (tertiary/aromatic N) is 2. The molecule has 138 valence electrons. The first kappa shape index (κ1) is 18.6. The Bertz CT molecular complexity index is 799. The molecular weight excluding hydrogens is 449 g/mol. The van der Waals surface area contributed by atoms with Crippen molar-refractivity contribution in [3.05, 3.63) is 41.4 Å². The molecule has 3 N–H and O–H groups in total. The number of nitrogens with one attached hydrogen (secondary N) is 1. The number of carbonyl (C=O) groups excluding carboxylic acids is 1. The van der Waals surface area contributed by atoms with Crippen LogP contribution < -0.4 is 8.43 Å². The molecule has 1 aliphatic carbocycles. The summed E-state index contributed by atoms with van der Waals surface area (Å²) in [6, 6.07) is 3.36. The zero-order valence-corrected chi connectivity index (χ0v) is 16.3. The van der Waals surface area contributed by atoms with E-state index in [0.717, 1.165) is 24.2 Å². The largest absolute Gasteiger partial charge is 0.506 e. The summed E-state index contributed by atoms with van der Waals surface area (Å²) in [5, 5.41) is 21.3. The summed E-state index contributed by atoms with van der Waals surface area (Å²) >= 11 is -0.366. The second-order valence-corrected chi connectivity index (χ2v) is 8.33. The van der Waals surface area contributed by atoms with Gasteiger partial charge in [-0.2, -0.15) is 0 Å². The van der Waals surface area contributed by atoms with E-state index in [1.54, 1.807) is 12.1 Å². The molecule has 1 aromatic heterocycles. The first-order valence-corrected chi connectivity index (χ1v) is 10.6. The smallest absolute Gasteiger partial charge is 0.333 e. The summed E-state index contributed by atoms with van der Waals surface area (Å²) in [6.45, 7) is 0. The van der Waals surface area contributed by atoms with Gasteiger partial charge in [0.25, 0.3) is 0 Å². The van der Waals surface area contributed by atoms with E-state index in [0.29, 0.717) is 37.0 Å². The van der Waals surface area contributed by atoms with Crippen LogP contribution in [0.4, 0.5) is 5.82 Å². The van der Waals surface area contributed by atoms with Crippen LogP contribution in [0.5, 0.6) is 5.75 Å². The zero-order chi connectivity index (χ0) is 18.5. The van der Waals surface area contributed by atoms with Crippen molar-refractivity contribution in [1.29, 1.82) is 0 Å². The number of anilines is 1. The number of allylic oxidation sites excluding steroid dienone is 2. The van der Waals surface area contributed by atoms with Gasteiger partial charge in [0.2, 0.25) is 5.91 Å². The van der Waals surface area contributed by atoms with E-state index in [9.17, 15) is 19.8 Å². The molecule has 0 spiro atoms. The molecular formula is C18H20IN3O4. The van der Waals surface area contributed by atoms with Crippen molar-refractivity contribution in [3.8, 4) is 5.75 Å². The zero-order valence-electron chi connectivity index (χ0n) is 14.1. The highest BCUT2D eigenvalue weighted by atomic mass is 127. The van der Waals surface area contributed by atoms with Gasteiger partial charge < -0.3 is 15.5 Å². The Balaban J connectivity index is 1.55. The number of amides is 1. The molecule has 2 aliphatic rings. The highest BCUT2D eigenvalue weighted by molar-refractivity contribution is 14.2. The third-order valence-corrected chi connectivity index (χ3v) is 6.63. The predicted octanol–water partition coefficient (Wildman–Crippen LogP) is 2.99. The number of aromatic nitrogens is 1. The number of halogens is 1. The SMILES string of the molecule is O=C(CCC1=CN(c2ccc(O)cn2)I=C1)NC1=C(C(=O)O)CCCC1. The van der Waals surface area contributed by atoms with Crippen LogP contribution in [0, 0.1) is 0 Å². The Kier molecular flexibility index (Phi) is 6.02. The van der Waals surface area contributed by atoms with E-state index < -0.39 is 5.97 Å². The van der Waals surface area contributed by atoms with Crippen LogP contribution in [-0.4, -0.2) is 31.1 Å². The Hall–Kier alpha value is -2.23. The van der Waals surface area contributed by atoms with E-state index in [4.69, 9.17) is 0 Å². The third-order valence-electron chi connectivity index (χ3n) is 4.18. The number of hydrogen-bond donors (Lipinski definition) is 3. The molecule has 8 heteroatoms. The first-order chi connectivity index (χ1) is 12.5. The number of aliphatic carboxylic acids is 1. The van der Waals surface area contributed by atoms with Crippen molar-refractivity contribution in [2.45, 2.75) is 38.5 Å². The predicted molar refractivity (Wildman–Crippen MR) is 107 cm³/mol. The van der Waals surface area contributed by atoms with Gasteiger partial charge in [0.05, 0.1) is 11.8 Å². The van der Waals surface area contributed by atoms with Crippen LogP contribution in [0.25, 0.3) is 0 Å². The lowest BCUT2D eigenvalue weighted by Gasteiger charge is -2.18. The number of aromatic hydroxyl groups is 1. The van der Waals surface area contributed by atoms with Crippen LogP contribution >= 0.6 is 21.0 Å². The van der Waals surface area contributed by atoms with Crippen molar-refractivity contribution in [1.82, 2.24) is 10.3 Å². The van der Waals surface area contributed by atoms with E-state index in [1.165, 1.54) is 6.20 Å². The van der Waals surface area contributed by atoms with E-state index in [1.807, 2.05) is 6.20 Å². The van der Waals surface area contributed by atoms with Crippen LogP contribution in [0.15, 0.2) is 41.4 Å². The Morgan fingerprint density at radius 3 is 2.81 bits per heavy atom. The topological polar surface area (TPSA) is 103 Å². The van der Waals surface area contributed by atoms with Crippen molar-refractivity contribution in [3.63, 3.8) is 0 Å². The molecule has 0 radical (unpaired) electrons. The lowest BCUT2D eigenvalue weighted by molar-refractivity contribution is -0.133. The van der Waals surface area contributed by atoms with Gasteiger partial charge in [-0.25, -0.2) is 9.78 Å². The monoisotopic (exact) mass is 469 g/mol. The summed E-state index contributed by atoms with van der Waals surface area (Å²) in [7, 11) is 0. The highest BCUT2D eigenvalue weighted by Crippen LogP contribution is 2.28. The summed E-state index contributed by atoms with van der Waals surface area (Å²) < 4.78 is 4.20. The van der Waals surface area contributed by atoms with Gasteiger partial charge in [-0.05, 0) is 53.8 Å². The average Bonchev–Trinajstić information content (AvgIpc) is 3.10. The fourth-order valence-corrected chi connectivity index (χ4v) is 5.04. The molecule has 1 aliphatic heterocycles. The molecule has 1 aromatic rings. The van der Waals surface area contributed by atoms with E-state index >= 15 is 0 Å². The molecule has 26 heavy (non-hydrogen) atoms. The number of rotatable bonds is 6. The van der Waals surface area contributed by atoms with Crippen molar-refractivity contribution >= 4 is 42.7 Å². The lowest BCUT2D eigenvalue weighted by Crippen LogP contribution is -2.27. The summed E-state index contributed by atoms with van der Waals surface area (Å²) in [5.41, 5.74) is 1.99. The van der Waals surface area contributed by atoms with Gasteiger partial charge in [-0.1, -0.05) is 0 Å².